The lowest BCUT2D eigenvalue weighted by Gasteiger charge is -2.43. The van der Waals surface area contributed by atoms with Gasteiger partial charge in [0.05, 0.1) is 18.8 Å². The van der Waals surface area contributed by atoms with Gasteiger partial charge in [-0.15, -0.1) is 0 Å². The zero-order valence-corrected chi connectivity index (χ0v) is 14.7. The van der Waals surface area contributed by atoms with Crippen LogP contribution in [0.3, 0.4) is 0 Å². The van der Waals surface area contributed by atoms with Crippen LogP contribution in [0, 0.1) is 0 Å². The Bertz CT molecular complexity index is 353. The molecule has 4 atom stereocenters. The summed E-state index contributed by atoms with van der Waals surface area (Å²) in [5.41, 5.74) is 0. The zero-order chi connectivity index (χ0) is 15.4. The molecular weight excluding hydrogens is 284 g/mol. The summed E-state index contributed by atoms with van der Waals surface area (Å²) in [6.07, 6.45) is 2.20. The van der Waals surface area contributed by atoms with E-state index in [1.165, 1.54) is 0 Å². The average molecular weight is 314 g/mol. The van der Waals surface area contributed by atoms with Gasteiger partial charge in [-0.2, -0.15) is 11.8 Å². The maximum absolute atomic E-state index is 13.0. The second kappa shape index (κ2) is 7.84. The monoisotopic (exact) mass is 314 g/mol. The molecule has 0 aromatic heterocycles. The molecule has 0 aliphatic carbocycles. The molecule has 4 unspecified atom stereocenters. The van der Waals surface area contributed by atoms with E-state index in [9.17, 15) is 4.79 Å². The van der Waals surface area contributed by atoms with Crippen molar-refractivity contribution in [2.24, 2.45) is 0 Å². The van der Waals surface area contributed by atoms with E-state index in [-0.39, 0.29) is 12.1 Å². The van der Waals surface area contributed by atoms with Gasteiger partial charge in [0.15, 0.2) is 0 Å². The van der Waals surface area contributed by atoms with Crippen molar-refractivity contribution in [1.29, 1.82) is 0 Å². The van der Waals surface area contributed by atoms with E-state index in [4.69, 9.17) is 4.74 Å². The summed E-state index contributed by atoms with van der Waals surface area (Å²) in [5.74, 6) is 1.39. The summed E-state index contributed by atoms with van der Waals surface area (Å²) in [7, 11) is 0. The molecule has 0 radical (unpaired) electrons. The van der Waals surface area contributed by atoms with Crippen LogP contribution >= 0.6 is 11.8 Å². The number of thioether (sulfide) groups is 1. The lowest BCUT2D eigenvalue weighted by atomic mass is 10.1. The van der Waals surface area contributed by atoms with Crippen molar-refractivity contribution >= 4 is 17.7 Å². The summed E-state index contributed by atoms with van der Waals surface area (Å²) in [4.78, 5) is 17.5. The van der Waals surface area contributed by atoms with Crippen molar-refractivity contribution in [2.45, 2.75) is 64.0 Å². The Hall–Kier alpha value is -0.260. The highest BCUT2D eigenvalue weighted by Gasteiger charge is 2.36. The van der Waals surface area contributed by atoms with Crippen molar-refractivity contribution < 1.29 is 9.53 Å². The fourth-order valence-corrected chi connectivity index (χ4v) is 4.40. The van der Waals surface area contributed by atoms with Crippen molar-refractivity contribution in [2.75, 3.05) is 32.0 Å². The fourth-order valence-electron chi connectivity index (χ4n) is 3.30. The number of hydrogen-bond acceptors (Lipinski definition) is 4. The lowest BCUT2D eigenvalue weighted by molar-refractivity contribution is -0.142. The molecule has 0 N–H and O–H groups in total. The van der Waals surface area contributed by atoms with Crippen LogP contribution in [0.5, 0.6) is 0 Å². The summed E-state index contributed by atoms with van der Waals surface area (Å²) in [5, 5.41) is 0.535. The molecular formula is C16H30N2O2S. The standard InChI is InChI=1S/C16H30N2O2S/c1-5-14-11-17(7-9-20-14)15(6-2)16(19)18-8-10-21-13(4)12(18)3/h12-15H,5-11H2,1-4H3. The van der Waals surface area contributed by atoms with Crippen LogP contribution in [0.2, 0.25) is 0 Å². The molecule has 0 saturated carbocycles. The highest BCUT2D eigenvalue weighted by Crippen LogP contribution is 2.26. The van der Waals surface area contributed by atoms with Gasteiger partial charge in [0.25, 0.3) is 0 Å². The smallest absolute Gasteiger partial charge is 0.240 e. The highest BCUT2D eigenvalue weighted by molar-refractivity contribution is 8.00. The molecule has 2 saturated heterocycles. The van der Waals surface area contributed by atoms with Crippen LogP contribution in [-0.2, 0) is 9.53 Å². The molecule has 2 aliphatic heterocycles. The summed E-state index contributed by atoms with van der Waals surface area (Å²) in [6, 6.07) is 0.369. The molecule has 1 amide bonds. The number of carbonyl (C=O) groups excluding carboxylic acids is 1. The number of hydrogen-bond donors (Lipinski definition) is 0. The van der Waals surface area contributed by atoms with E-state index < -0.39 is 0 Å². The van der Waals surface area contributed by atoms with E-state index in [2.05, 4.69) is 37.5 Å². The molecule has 21 heavy (non-hydrogen) atoms. The fraction of sp³-hybridized carbons (Fsp3) is 0.938. The summed E-state index contributed by atoms with van der Waals surface area (Å²) in [6.45, 7) is 12.1. The molecule has 0 bridgehead atoms. The van der Waals surface area contributed by atoms with Gasteiger partial charge in [-0.25, -0.2) is 0 Å². The Morgan fingerprint density at radius 2 is 2.10 bits per heavy atom. The van der Waals surface area contributed by atoms with Gasteiger partial charge >= 0.3 is 0 Å². The zero-order valence-electron chi connectivity index (χ0n) is 13.9. The second-order valence-electron chi connectivity index (χ2n) is 6.17. The van der Waals surface area contributed by atoms with Gasteiger partial charge < -0.3 is 9.64 Å². The molecule has 2 heterocycles. The minimum atomic E-state index is 0.0284. The first kappa shape index (κ1) is 17.1. The Morgan fingerprint density at radius 3 is 2.76 bits per heavy atom. The van der Waals surface area contributed by atoms with Crippen molar-refractivity contribution in [1.82, 2.24) is 9.80 Å². The predicted octanol–water partition coefficient (Wildman–Crippen LogP) is 2.23. The Kier molecular flexibility index (Phi) is 6.38. The van der Waals surface area contributed by atoms with Gasteiger partial charge in [0.2, 0.25) is 5.91 Å². The Morgan fingerprint density at radius 1 is 1.33 bits per heavy atom. The minimum Gasteiger partial charge on any atom is -0.376 e. The Labute approximate surface area is 133 Å². The molecule has 2 rings (SSSR count). The molecule has 122 valence electrons. The largest absolute Gasteiger partial charge is 0.376 e. The van der Waals surface area contributed by atoms with E-state index in [1.54, 1.807) is 0 Å². The summed E-state index contributed by atoms with van der Waals surface area (Å²) >= 11 is 1.98. The van der Waals surface area contributed by atoms with Crippen molar-refractivity contribution in [3.8, 4) is 0 Å². The maximum Gasteiger partial charge on any atom is 0.240 e. The molecule has 2 fully saturated rings. The van der Waals surface area contributed by atoms with Gasteiger partial charge in [-0.3, -0.25) is 9.69 Å². The van der Waals surface area contributed by atoms with E-state index >= 15 is 0 Å². The third-order valence-corrected chi connectivity index (χ3v) is 6.24. The second-order valence-corrected chi connectivity index (χ2v) is 7.65. The lowest BCUT2D eigenvalue weighted by Crippen LogP contribution is -2.58. The van der Waals surface area contributed by atoms with Gasteiger partial charge in [0.1, 0.15) is 0 Å². The number of carbonyl (C=O) groups is 1. The summed E-state index contributed by atoms with van der Waals surface area (Å²) < 4.78 is 5.75. The SMILES string of the molecule is CCC1CN(C(CC)C(=O)N2CCSC(C)C2C)CCO1. The molecule has 5 heteroatoms. The number of nitrogens with zero attached hydrogens (tertiary/aromatic N) is 2. The molecule has 0 aromatic rings. The topological polar surface area (TPSA) is 32.8 Å². The van der Waals surface area contributed by atoms with E-state index in [0.29, 0.717) is 17.2 Å². The van der Waals surface area contributed by atoms with E-state index in [0.717, 1.165) is 44.8 Å². The van der Waals surface area contributed by atoms with Crippen LogP contribution < -0.4 is 0 Å². The van der Waals surface area contributed by atoms with E-state index in [1.807, 2.05) is 11.8 Å². The predicted molar refractivity (Wildman–Crippen MR) is 88.8 cm³/mol. The number of morpholine rings is 1. The highest BCUT2D eigenvalue weighted by atomic mass is 32.2. The molecule has 0 spiro atoms. The minimum absolute atomic E-state index is 0.0284. The number of amides is 1. The van der Waals surface area contributed by atoms with Gasteiger partial charge in [-0.05, 0) is 19.8 Å². The van der Waals surface area contributed by atoms with Crippen molar-refractivity contribution in [3.63, 3.8) is 0 Å². The average Bonchev–Trinajstić information content (AvgIpc) is 2.51. The number of ether oxygens (including phenoxy) is 1. The van der Waals surface area contributed by atoms with Gasteiger partial charge in [-0.1, -0.05) is 20.8 Å². The van der Waals surface area contributed by atoms with Crippen LogP contribution in [-0.4, -0.2) is 71.1 Å². The normalized spacial score (nSPS) is 33.0. The van der Waals surface area contributed by atoms with Crippen molar-refractivity contribution in [3.05, 3.63) is 0 Å². The number of rotatable bonds is 4. The first-order chi connectivity index (χ1) is 10.1. The molecule has 0 aromatic carbocycles. The van der Waals surface area contributed by atoms with Crippen LogP contribution in [0.1, 0.15) is 40.5 Å². The first-order valence-electron chi connectivity index (χ1n) is 8.36. The Balaban J connectivity index is 2.03. The quantitative estimate of drug-likeness (QED) is 0.797. The van der Waals surface area contributed by atoms with Crippen LogP contribution in [0.25, 0.3) is 0 Å². The van der Waals surface area contributed by atoms with Crippen LogP contribution in [0.15, 0.2) is 0 Å². The maximum atomic E-state index is 13.0. The third kappa shape index (κ3) is 3.93. The molecule has 4 nitrogen and oxygen atoms in total. The third-order valence-electron chi connectivity index (χ3n) is 4.91. The molecule has 2 aliphatic rings. The van der Waals surface area contributed by atoms with Gasteiger partial charge in [0, 0.05) is 36.7 Å². The first-order valence-corrected chi connectivity index (χ1v) is 9.41. The van der Waals surface area contributed by atoms with Crippen LogP contribution in [0.4, 0.5) is 0 Å².